The van der Waals surface area contributed by atoms with Crippen LogP contribution < -0.4 is 0 Å². The Labute approximate surface area is 155 Å². The van der Waals surface area contributed by atoms with E-state index in [0.717, 1.165) is 11.1 Å². The predicted octanol–water partition coefficient (Wildman–Crippen LogP) is 4.62. The van der Waals surface area contributed by atoms with E-state index in [2.05, 4.69) is 10.1 Å². The van der Waals surface area contributed by atoms with Gasteiger partial charge in [0.15, 0.2) is 0 Å². The molecule has 0 N–H and O–H groups in total. The van der Waals surface area contributed by atoms with Crippen molar-refractivity contribution in [1.82, 2.24) is 15.0 Å². The van der Waals surface area contributed by atoms with Gasteiger partial charge in [0.2, 0.25) is 11.7 Å². The van der Waals surface area contributed by atoms with E-state index in [9.17, 15) is 4.79 Å². The van der Waals surface area contributed by atoms with Crippen LogP contribution in [0.2, 0.25) is 10.0 Å². The Kier molecular flexibility index (Phi) is 5.06. The summed E-state index contributed by atoms with van der Waals surface area (Å²) in [6.07, 6.45) is 0. The van der Waals surface area contributed by atoms with E-state index in [-0.39, 0.29) is 12.5 Å². The van der Waals surface area contributed by atoms with E-state index in [1.165, 1.54) is 11.0 Å². The fourth-order valence-electron chi connectivity index (χ4n) is 2.26. The van der Waals surface area contributed by atoms with Crippen molar-refractivity contribution in [2.24, 2.45) is 0 Å². The molecule has 0 fully saturated rings. The van der Waals surface area contributed by atoms with Crippen molar-refractivity contribution in [3.63, 3.8) is 0 Å². The van der Waals surface area contributed by atoms with E-state index in [4.69, 9.17) is 27.7 Å². The summed E-state index contributed by atoms with van der Waals surface area (Å²) in [5.74, 6) is 0.630. The van der Waals surface area contributed by atoms with Gasteiger partial charge in [0.1, 0.15) is 0 Å². The molecule has 1 heterocycles. The second kappa shape index (κ2) is 7.25. The number of amides is 1. The summed E-state index contributed by atoms with van der Waals surface area (Å²) >= 11 is 11.8. The van der Waals surface area contributed by atoms with Crippen molar-refractivity contribution < 1.29 is 9.32 Å². The Bertz CT molecular complexity index is 907. The van der Waals surface area contributed by atoms with Crippen molar-refractivity contribution in [2.75, 3.05) is 7.05 Å². The van der Waals surface area contributed by atoms with Gasteiger partial charge >= 0.3 is 0 Å². The number of carbonyl (C=O) groups is 1. The van der Waals surface area contributed by atoms with Gasteiger partial charge in [-0.2, -0.15) is 4.98 Å². The van der Waals surface area contributed by atoms with Crippen LogP contribution >= 0.6 is 23.2 Å². The molecule has 0 saturated carbocycles. The lowest BCUT2D eigenvalue weighted by Crippen LogP contribution is -2.26. The number of hydrogen-bond acceptors (Lipinski definition) is 4. The Morgan fingerprint density at radius 3 is 2.52 bits per heavy atom. The number of rotatable bonds is 4. The molecule has 0 aliphatic carbocycles. The molecule has 128 valence electrons. The van der Waals surface area contributed by atoms with Crippen LogP contribution in [-0.4, -0.2) is 28.0 Å². The number of aromatic nitrogens is 2. The molecule has 0 bridgehead atoms. The van der Waals surface area contributed by atoms with Gasteiger partial charge in [-0.1, -0.05) is 58.2 Å². The van der Waals surface area contributed by atoms with E-state index < -0.39 is 0 Å². The van der Waals surface area contributed by atoms with Crippen LogP contribution in [-0.2, 0) is 6.54 Å². The third-order valence-electron chi connectivity index (χ3n) is 3.66. The highest BCUT2D eigenvalue weighted by atomic mass is 35.5. The maximum atomic E-state index is 12.5. The van der Waals surface area contributed by atoms with Gasteiger partial charge < -0.3 is 9.42 Å². The molecule has 0 radical (unpaired) electrons. The first kappa shape index (κ1) is 17.5. The van der Waals surface area contributed by atoms with Crippen LogP contribution in [0.1, 0.15) is 21.8 Å². The van der Waals surface area contributed by atoms with Crippen molar-refractivity contribution in [3.05, 3.63) is 69.5 Å². The highest BCUT2D eigenvalue weighted by Crippen LogP contribution is 2.23. The second-order valence-corrected chi connectivity index (χ2v) is 6.48. The molecule has 0 saturated heterocycles. The minimum atomic E-state index is -0.214. The molecule has 1 aromatic heterocycles. The Hall–Kier alpha value is -2.37. The van der Waals surface area contributed by atoms with Crippen LogP contribution in [0.15, 0.2) is 47.0 Å². The van der Waals surface area contributed by atoms with Crippen molar-refractivity contribution in [2.45, 2.75) is 13.5 Å². The zero-order valence-corrected chi connectivity index (χ0v) is 15.2. The first-order valence-corrected chi connectivity index (χ1v) is 8.30. The average molecular weight is 376 g/mol. The largest absolute Gasteiger partial charge is 0.337 e. The number of benzene rings is 2. The van der Waals surface area contributed by atoms with Gasteiger partial charge in [0, 0.05) is 18.2 Å². The Morgan fingerprint density at radius 2 is 1.84 bits per heavy atom. The second-order valence-electron chi connectivity index (χ2n) is 5.67. The summed E-state index contributed by atoms with van der Waals surface area (Å²) in [5, 5.41) is 4.70. The molecule has 1 amide bonds. The van der Waals surface area contributed by atoms with Gasteiger partial charge in [0.05, 0.1) is 16.6 Å². The number of halogens is 2. The van der Waals surface area contributed by atoms with E-state index in [0.29, 0.717) is 27.3 Å². The smallest absolute Gasteiger partial charge is 0.254 e. The topological polar surface area (TPSA) is 59.2 Å². The normalized spacial score (nSPS) is 10.7. The zero-order valence-electron chi connectivity index (χ0n) is 13.7. The Balaban J connectivity index is 1.72. The average Bonchev–Trinajstić information content (AvgIpc) is 3.05. The van der Waals surface area contributed by atoms with Crippen LogP contribution in [0.3, 0.4) is 0 Å². The van der Waals surface area contributed by atoms with Crippen LogP contribution in [0.5, 0.6) is 0 Å². The monoisotopic (exact) mass is 375 g/mol. The van der Waals surface area contributed by atoms with Crippen LogP contribution in [0.25, 0.3) is 11.4 Å². The maximum absolute atomic E-state index is 12.5. The summed E-state index contributed by atoms with van der Waals surface area (Å²) in [6, 6.07) is 12.6. The quantitative estimate of drug-likeness (QED) is 0.667. The van der Waals surface area contributed by atoms with Gasteiger partial charge in [0.25, 0.3) is 5.91 Å². The SMILES string of the molecule is Cc1ccc(-c2noc(CN(C)C(=O)c3ccc(Cl)c(Cl)c3)n2)cc1. The lowest BCUT2D eigenvalue weighted by molar-refractivity contribution is 0.0769. The van der Waals surface area contributed by atoms with E-state index in [1.807, 2.05) is 31.2 Å². The third kappa shape index (κ3) is 4.00. The number of carbonyl (C=O) groups excluding carboxylic acids is 1. The van der Waals surface area contributed by atoms with Crippen molar-refractivity contribution in [3.8, 4) is 11.4 Å². The van der Waals surface area contributed by atoms with Gasteiger partial charge in [-0.3, -0.25) is 4.79 Å². The highest BCUT2D eigenvalue weighted by molar-refractivity contribution is 6.42. The van der Waals surface area contributed by atoms with Gasteiger partial charge in [-0.15, -0.1) is 0 Å². The summed E-state index contributed by atoms with van der Waals surface area (Å²) in [5.41, 5.74) is 2.45. The fraction of sp³-hybridized carbons (Fsp3) is 0.167. The van der Waals surface area contributed by atoms with Gasteiger partial charge in [-0.05, 0) is 25.1 Å². The molecule has 0 aliphatic heterocycles. The molecule has 2 aromatic carbocycles. The molecule has 3 aromatic rings. The van der Waals surface area contributed by atoms with Crippen LogP contribution in [0.4, 0.5) is 0 Å². The third-order valence-corrected chi connectivity index (χ3v) is 4.40. The molecular formula is C18H15Cl2N3O2. The lowest BCUT2D eigenvalue weighted by atomic mass is 10.1. The molecule has 5 nitrogen and oxygen atoms in total. The summed E-state index contributed by atoms with van der Waals surface area (Å²) in [7, 11) is 1.65. The molecule has 25 heavy (non-hydrogen) atoms. The van der Waals surface area contributed by atoms with E-state index in [1.54, 1.807) is 19.2 Å². The number of nitrogens with zero attached hydrogens (tertiary/aromatic N) is 3. The standard InChI is InChI=1S/C18H15Cl2N3O2/c1-11-3-5-12(6-4-11)17-21-16(25-22-17)10-23(2)18(24)13-7-8-14(19)15(20)9-13/h3-9H,10H2,1-2H3. The minimum Gasteiger partial charge on any atom is -0.337 e. The summed E-state index contributed by atoms with van der Waals surface area (Å²) in [4.78, 5) is 18.3. The van der Waals surface area contributed by atoms with Crippen molar-refractivity contribution >= 4 is 29.1 Å². The molecule has 3 rings (SSSR count). The molecule has 0 spiro atoms. The lowest BCUT2D eigenvalue weighted by Gasteiger charge is -2.15. The molecule has 7 heteroatoms. The number of aryl methyl sites for hydroxylation is 1. The maximum Gasteiger partial charge on any atom is 0.254 e. The predicted molar refractivity (Wildman–Crippen MR) is 96.7 cm³/mol. The van der Waals surface area contributed by atoms with Crippen LogP contribution in [0, 0.1) is 6.92 Å². The van der Waals surface area contributed by atoms with E-state index >= 15 is 0 Å². The van der Waals surface area contributed by atoms with Crippen molar-refractivity contribution in [1.29, 1.82) is 0 Å². The molecule has 0 aliphatic rings. The minimum absolute atomic E-state index is 0.192. The summed E-state index contributed by atoms with van der Waals surface area (Å²) < 4.78 is 5.25. The number of hydrogen-bond donors (Lipinski definition) is 0. The zero-order chi connectivity index (χ0) is 18.0. The molecular weight excluding hydrogens is 361 g/mol. The first-order valence-electron chi connectivity index (χ1n) is 7.54. The Morgan fingerprint density at radius 1 is 1.12 bits per heavy atom. The molecule has 0 atom stereocenters. The fourth-order valence-corrected chi connectivity index (χ4v) is 2.56. The first-order chi connectivity index (χ1) is 11.9. The highest BCUT2D eigenvalue weighted by Gasteiger charge is 2.17. The van der Waals surface area contributed by atoms with Gasteiger partial charge in [-0.25, -0.2) is 0 Å². The molecule has 0 unspecified atom stereocenters. The summed E-state index contributed by atoms with van der Waals surface area (Å²) in [6.45, 7) is 2.20.